The van der Waals surface area contributed by atoms with E-state index in [4.69, 9.17) is 5.73 Å². The zero-order chi connectivity index (χ0) is 12.3. The predicted octanol–water partition coefficient (Wildman–Crippen LogP) is 2.87. The Kier molecular flexibility index (Phi) is 2.12. The number of halogens is 3. The monoisotopic (exact) mass is 241 g/mol. The molecule has 92 valence electrons. The lowest BCUT2D eigenvalue weighted by atomic mass is 9.94. The molecule has 1 saturated carbocycles. The fourth-order valence-corrected chi connectivity index (χ4v) is 3.40. The van der Waals surface area contributed by atoms with Crippen LogP contribution in [-0.2, 0) is 18.0 Å². The maximum atomic E-state index is 12.9. The van der Waals surface area contributed by atoms with Crippen molar-refractivity contribution < 1.29 is 13.2 Å². The Morgan fingerprint density at radius 2 is 2.12 bits per heavy atom. The van der Waals surface area contributed by atoms with Crippen molar-refractivity contribution in [1.29, 1.82) is 0 Å². The summed E-state index contributed by atoms with van der Waals surface area (Å²) >= 11 is 0. The normalized spacial score (nSPS) is 30.7. The number of hydrogen-bond acceptors (Lipinski definition) is 1. The molecule has 0 bridgehead atoms. The summed E-state index contributed by atoms with van der Waals surface area (Å²) < 4.78 is 38.6. The van der Waals surface area contributed by atoms with Gasteiger partial charge in [0.05, 0.1) is 5.56 Å². The Labute approximate surface area is 97.8 Å². The number of alkyl halides is 3. The maximum absolute atomic E-state index is 12.9. The van der Waals surface area contributed by atoms with Crippen molar-refractivity contribution in [2.75, 3.05) is 6.54 Å². The Hall–Kier alpha value is -1.03. The van der Waals surface area contributed by atoms with Crippen molar-refractivity contribution >= 4 is 0 Å². The van der Waals surface area contributed by atoms with Gasteiger partial charge in [-0.25, -0.2) is 0 Å². The van der Waals surface area contributed by atoms with Gasteiger partial charge in [-0.1, -0.05) is 12.1 Å². The number of fused-ring (bicyclic) bond motifs is 2. The Morgan fingerprint density at radius 1 is 1.35 bits per heavy atom. The second kappa shape index (κ2) is 3.25. The van der Waals surface area contributed by atoms with Gasteiger partial charge >= 0.3 is 6.18 Å². The summed E-state index contributed by atoms with van der Waals surface area (Å²) in [4.78, 5) is 0. The molecule has 1 aromatic carbocycles. The molecule has 2 unspecified atom stereocenters. The molecule has 17 heavy (non-hydrogen) atoms. The summed E-state index contributed by atoms with van der Waals surface area (Å²) in [5, 5.41) is 0. The molecule has 1 spiro atoms. The van der Waals surface area contributed by atoms with Crippen LogP contribution in [0, 0.1) is 5.92 Å². The van der Waals surface area contributed by atoms with Crippen LogP contribution in [0.25, 0.3) is 0 Å². The van der Waals surface area contributed by atoms with Crippen LogP contribution in [0.15, 0.2) is 18.2 Å². The first kappa shape index (κ1) is 11.1. The molecule has 0 radical (unpaired) electrons. The quantitative estimate of drug-likeness (QED) is 0.803. The first-order chi connectivity index (χ1) is 7.99. The van der Waals surface area contributed by atoms with Crippen LogP contribution in [0.2, 0.25) is 0 Å². The first-order valence-corrected chi connectivity index (χ1v) is 5.89. The summed E-state index contributed by atoms with van der Waals surface area (Å²) in [5.74, 6) is 0.382. The minimum atomic E-state index is -4.23. The van der Waals surface area contributed by atoms with E-state index in [0.29, 0.717) is 24.4 Å². The van der Waals surface area contributed by atoms with Gasteiger partial charge in [-0.2, -0.15) is 13.2 Å². The molecule has 1 nitrogen and oxygen atoms in total. The summed E-state index contributed by atoms with van der Waals surface area (Å²) in [6.07, 6.45) is -1.90. The molecule has 1 fully saturated rings. The predicted molar refractivity (Wildman–Crippen MR) is 58.6 cm³/mol. The molecule has 0 heterocycles. The summed E-state index contributed by atoms with van der Waals surface area (Å²) in [6, 6.07) is 4.57. The van der Waals surface area contributed by atoms with Gasteiger partial charge in [0.2, 0.25) is 0 Å². The first-order valence-electron chi connectivity index (χ1n) is 5.89. The highest BCUT2D eigenvalue weighted by atomic mass is 19.4. The van der Waals surface area contributed by atoms with Crippen molar-refractivity contribution in [3.63, 3.8) is 0 Å². The van der Waals surface area contributed by atoms with E-state index < -0.39 is 11.7 Å². The van der Waals surface area contributed by atoms with Gasteiger partial charge in [0.15, 0.2) is 0 Å². The lowest BCUT2D eigenvalue weighted by Crippen LogP contribution is -2.13. The van der Waals surface area contributed by atoms with Gasteiger partial charge in [-0.3, -0.25) is 0 Å². The van der Waals surface area contributed by atoms with Crippen LogP contribution in [0.1, 0.15) is 29.5 Å². The van der Waals surface area contributed by atoms with Crippen molar-refractivity contribution in [2.45, 2.75) is 30.9 Å². The highest BCUT2D eigenvalue weighted by Gasteiger charge is 2.58. The average molecular weight is 241 g/mol. The minimum absolute atomic E-state index is 0.0225. The smallest absolute Gasteiger partial charge is 0.330 e. The van der Waals surface area contributed by atoms with Gasteiger partial charge in [0.1, 0.15) is 0 Å². The van der Waals surface area contributed by atoms with Crippen LogP contribution >= 0.6 is 0 Å². The maximum Gasteiger partial charge on any atom is 0.416 e. The third-order valence-corrected chi connectivity index (χ3v) is 4.36. The lowest BCUT2D eigenvalue weighted by Gasteiger charge is -2.14. The van der Waals surface area contributed by atoms with Gasteiger partial charge < -0.3 is 5.73 Å². The molecule has 2 N–H and O–H groups in total. The lowest BCUT2D eigenvalue weighted by molar-refractivity contribution is -0.138. The topological polar surface area (TPSA) is 26.0 Å². The zero-order valence-corrected chi connectivity index (χ0v) is 9.35. The number of rotatable bonds is 1. The Morgan fingerprint density at radius 3 is 2.71 bits per heavy atom. The van der Waals surface area contributed by atoms with Gasteiger partial charge in [-0.15, -0.1) is 0 Å². The highest BCUT2D eigenvalue weighted by molar-refractivity contribution is 5.49. The molecule has 2 aliphatic carbocycles. The molecule has 0 aliphatic heterocycles. The van der Waals surface area contributed by atoms with Crippen molar-refractivity contribution in [3.8, 4) is 0 Å². The number of benzene rings is 1. The summed E-state index contributed by atoms with van der Waals surface area (Å²) in [7, 11) is 0. The van der Waals surface area contributed by atoms with Crippen LogP contribution in [0.3, 0.4) is 0 Å². The minimum Gasteiger partial charge on any atom is -0.330 e. The van der Waals surface area contributed by atoms with E-state index in [-0.39, 0.29) is 5.41 Å². The summed E-state index contributed by atoms with van der Waals surface area (Å²) in [6.45, 7) is 0.579. The average Bonchev–Trinajstić information content (AvgIpc) is 2.86. The molecule has 4 heteroatoms. The molecule has 0 saturated heterocycles. The van der Waals surface area contributed by atoms with Crippen LogP contribution in [-0.4, -0.2) is 6.54 Å². The van der Waals surface area contributed by atoms with E-state index in [1.54, 1.807) is 0 Å². The highest BCUT2D eigenvalue weighted by Crippen LogP contribution is 2.62. The van der Waals surface area contributed by atoms with E-state index in [9.17, 15) is 13.2 Å². The van der Waals surface area contributed by atoms with E-state index in [1.165, 1.54) is 12.1 Å². The fraction of sp³-hybridized carbons (Fsp3) is 0.538. The molecular weight excluding hydrogens is 227 g/mol. The van der Waals surface area contributed by atoms with Gasteiger partial charge in [0, 0.05) is 5.41 Å². The third kappa shape index (κ3) is 1.43. The molecule has 2 atom stereocenters. The zero-order valence-electron chi connectivity index (χ0n) is 9.35. The Balaban J connectivity index is 2.08. The SMILES string of the molecule is NCC1CC12CCc1c(C(F)(F)F)cccc12. The molecule has 2 aliphatic rings. The number of hydrogen-bond donors (Lipinski definition) is 1. The second-order valence-electron chi connectivity index (χ2n) is 5.12. The van der Waals surface area contributed by atoms with E-state index >= 15 is 0 Å². The molecule has 0 aromatic heterocycles. The molecule has 1 aromatic rings. The van der Waals surface area contributed by atoms with Crippen LogP contribution in [0.4, 0.5) is 13.2 Å². The van der Waals surface area contributed by atoms with Crippen LogP contribution in [0.5, 0.6) is 0 Å². The van der Waals surface area contributed by atoms with E-state index in [1.807, 2.05) is 6.07 Å². The molecular formula is C13H14F3N. The van der Waals surface area contributed by atoms with Gasteiger partial charge in [0.25, 0.3) is 0 Å². The van der Waals surface area contributed by atoms with Gasteiger partial charge in [-0.05, 0) is 48.9 Å². The van der Waals surface area contributed by atoms with E-state index in [0.717, 1.165) is 18.4 Å². The third-order valence-electron chi connectivity index (χ3n) is 4.36. The Bertz CT molecular complexity index is 466. The summed E-state index contributed by atoms with van der Waals surface area (Å²) in [5.41, 5.74) is 6.59. The molecule has 3 rings (SSSR count). The second-order valence-corrected chi connectivity index (χ2v) is 5.12. The number of nitrogens with two attached hydrogens (primary N) is 1. The van der Waals surface area contributed by atoms with Crippen molar-refractivity contribution in [3.05, 3.63) is 34.9 Å². The molecule has 0 amide bonds. The van der Waals surface area contributed by atoms with E-state index in [2.05, 4.69) is 0 Å². The van der Waals surface area contributed by atoms with Crippen LogP contribution < -0.4 is 5.73 Å². The van der Waals surface area contributed by atoms with Crippen molar-refractivity contribution in [2.24, 2.45) is 11.7 Å². The van der Waals surface area contributed by atoms with Crippen molar-refractivity contribution in [1.82, 2.24) is 0 Å². The fourth-order valence-electron chi connectivity index (χ4n) is 3.40. The largest absolute Gasteiger partial charge is 0.416 e. The standard InChI is InChI=1S/C13H14F3N/c14-13(15,16)11-3-1-2-10-9(11)4-5-12(10)6-8(12)7-17/h1-3,8H,4-7,17H2.